The van der Waals surface area contributed by atoms with Crippen molar-refractivity contribution in [2.45, 2.75) is 78.0 Å². The van der Waals surface area contributed by atoms with E-state index in [1.165, 1.54) is 25.6 Å². The third-order valence-electron chi connectivity index (χ3n) is 5.87. The zero-order valence-electron chi connectivity index (χ0n) is 22.7. The third-order valence-corrected chi connectivity index (χ3v) is 6.84. The number of ether oxygens (including phenoxy) is 2. The van der Waals surface area contributed by atoms with E-state index >= 15 is 0 Å². The van der Waals surface area contributed by atoms with Crippen molar-refractivity contribution in [2.24, 2.45) is 0 Å². The molecule has 3 aromatic carbocycles. The van der Waals surface area contributed by atoms with Crippen LogP contribution in [0.4, 0.5) is 0 Å². The van der Waals surface area contributed by atoms with Crippen molar-refractivity contribution in [1.29, 1.82) is 0 Å². The van der Waals surface area contributed by atoms with Gasteiger partial charge >= 0.3 is 11.9 Å². The van der Waals surface area contributed by atoms with Gasteiger partial charge in [-0.1, -0.05) is 72.7 Å². The SMILES string of the molecule is CCSc1c(-c2cc(C(C)(C)C)c(O)c(C(C)(C)C)c2)c(OC(C)=O)c2ccccc2c1OC(C)=O. The van der Waals surface area contributed by atoms with E-state index in [0.717, 1.165) is 16.7 Å². The maximum atomic E-state index is 12.3. The van der Waals surface area contributed by atoms with Crippen LogP contribution in [0, 0.1) is 0 Å². The molecule has 36 heavy (non-hydrogen) atoms. The summed E-state index contributed by atoms with van der Waals surface area (Å²) in [5.41, 5.74) is 2.32. The van der Waals surface area contributed by atoms with Crippen LogP contribution in [-0.2, 0) is 20.4 Å². The van der Waals surface area contributed by atoms with Gasteiger partial charge in [-0.3, -0.25) is 9.59 Å². The molecule has 0 saturated heterocycles. The van der Waals surface area contributed by atoms with Crippen molar-refractivity contribution in [2.75, 3.05) is 5.75 Å². The molecule has 5 nitrogen and oxygen atoms in total. The van der Waals surface area contributed by atoms with Gasteiger partial charge in [0, 0.05) is 41.3 Å². The average molecular weight is 509 g/mol. The number of thioether (sulfide) groups is 1. The monoisotopic (exact) mass is 508 g/mol. The number of hydrogen-bond acceptors (Lipinski definition) is 6. The molecular weight excluding hydrogens is 472 g/mol. The second-order valence-corrected chi connectivity index (χ2v) is 12.2. The van der Waals surface area contributed by atoms with Crippen LogP contribution in [0.3, 0.4) is 0 Å². The van der Waals surface area contributed by atoms with Crippen LogP contribution in [0.2, 0.25) is 0 Å². The molecule has 0 saturated carbocycles. The molecule has 0 unspecified atom stereocenters. The Labute approximate surface area is 218 Å². The highest BCUT2D eigenvalue weighted by molar-refractivity contribution is 7.99. The van der Waals surface area contributed by atoms with Crippen LogP contribution < -0.4 is 9.47 Å². The van der Waals surface area contributed by atoms with Crippen molar-refractivity contribution in [1.82, 2.24) is 0 Å². The second-order valence-electron chi connectivity index (χ2n) is 10.9. The van der Waals surface area contributed by atoms with Crippen LogP contribution >= 0.6 is 11.8 Å². The van der Waals surface area contributed by atoms with Gasteiger partial charge in [0.05, 0.1) is 4.90 Å². The van der Waals surface area contributed by atoms with E-state index in [2.05, 4.69) is 41.5 Å². The highest BCUT2D eigenvalue weighted by atomic mass is 32.2. The van der Waals surface area contributed by atoms with Gasteiger partial charge in [0.15, 0.2) is 5.75 Å². The predicted octanol–water partition coefficient (Wildman–Crippen LogP) is 7.77. The molecule has 0 amide bonds. The van der Waals surface area contributed by atoms with Crippen LogP contribution in [0.25, 0.3) is 21.9 Å². The maximum absolute atomic E-state index is 12.3. The summed E-state index contributed by atoms with van der Waals surface area (Å²) in [4.78, 5) is 25.2. The van der Waals surface area contributed by atoms with Crippen molar-refractivity contribution in [3.63, 3.8) is 0 Å². The molecule has 0 radical (unpaired) electrons. The predicted molar refractivity (Wildman–Crippen MR) is 147 cm³/mol. The number of carbonyl (C=O) groups excluding carboxylic acids is 2. The zero-order chi connectivity index (χ0) is 27.0. The molecule has 0 aliphatic carbocycles. The maximum Gasteiger partial charge on any atom is 0.308 e. The quantitative estimate of drug-likeness (QED) is 0.216. The molecule has 6 heteroatoms. The van der Waals surface area contributed by atoms with E-state index in [1.54, 1.807) is 0 Å². The lowest BCUT2D eigenvalue weighted by atomic mass is 9.77. The van der Waals surface area contributed by atoms with E-state index < -0.39 is 11.9 Å². The van der Waals surface area contributed by atoms with Crippen LogP contribution in [0.15, 0.2) is 41.3 Å². The lowest BCUT2D eigenvalue weighted by Gasteiger charge is -2.29. The zero-order valence-corrected chi connectivity index (χ0v) is 23.5. The van der Waals surface area contributed by atoms with Crippen molar-refractivity contribution in [3.05, 3.63) is 47.5 Å². The molecule has 0 aliphatic rings. The first kappa shape index (κ1) is 27.6. The number of hydrogen-bond donors (Lipinski definition) is 1. The summed E-state index contributed by atoms with van der Waals surface area (Å²) in [7, 11) is 0. The Morgan fingerprint density at radius 1 is 0.833 bits per heavy atom. The molecular formula is C30H36O5S. The lowest BCUT2D eigenvalue weighted by molar-refractivity contribution is -0.133. The number of esters is 2. The molecule has 0 aromatic heterocycles. The van der Waals surface area contributed by atoms with E-state index in [0.29, 0.717) is 38.5 Å². The van der Waals surface area contributed by atoms with Gasteiger partial charge in [0.1, 0.15) is 11.5 Å². The Hall–Kier alpha value is -2.99. The fourth-order valence-electron chi connectivity index (χ4n) is 4.31. The minimum atomic E-state index is -0.444. The number of fused-ring (bicyclic) bond motifs is 1. The van der Waals surface area contributed by atoms with Gasteiger partial charge in [0.2, 0.25) is 0 Å². The van der Waals surface area contributed by atoms with Gasteiger partial charge in [-0.25, -0.2) is 0 Å². The molecule has 0 fully saturated rings. The van der Waals surface area contributed by atoms with E-state index in [9.17, 15) is 14.7 Å². The van der Waals surface area contributed by atoms with Crippen LogP contribution in [-0.4, -0.2) is 22.8 Å². The molecule has 3 aromatic rings. The Kier molecular flexibility index (Phi) is 7.80. The van der Waals surface area contributed by atoms with Crippen molar-refractivity contribution < 1.29 is 24.2 Å². The molecule has 0 aliphatic heterocycles. The summed E-state index contributed by atoms with van der Waals surface area (Å²) in [6, 6.07) is 11.4. The Morgan fingerprint density at radius 2 is 1.28 bits per heavy atom. The first-order chi connectivity index (χ1) is 16.7. The molecule has 0 spiro atoms. The highest BCUT2D eigenvalue weighted by Gasteiger charge is 2.30. The summed E-state index contributed by atoms with van der Waals surface area (Å²) in [6.45, 7) is 17.1. The fourth-order valence-corrected chi connectivity index (χ4v) is 5.24. The summed E-state index contributed by atoms with van der Waals surface area (Å²) >= 11 is 1.52. The first-order valence-electron chi connectivity index (χ1n) is 12.1. The minimum absolute atomic E-state index is 0.262. The van der Waals surface area contributed by atoms with Crippen LogP contribution in [0.5, 0.6) is 17.2 Å². The fraction of sp³-hybridized carbons (Fsp3) is 0.400. The number of rotatable bonds is 5. The van der Waals surface area contributed by atoms with Gasteiger partial charge in [-0.05, 0) is 34.3 Å². The van der Waals surface area contributed by atoms with E-state index in [1.807, 2.05) is 43.3 Å². The Morgan fingerprint density at radius 3 is 1.69 bits per heavy atom. The topological polar surface area (TPSA) is 72.8 Å². The number of aromatic hydroxyl groups is 1. The largest absolute Gasteiger partial charge is 0.507 e. The standard InChI is InChI=1S/C30H36O5S/c1-10-36-28-24(19-15-22(29(4,5)6)25(33)23(16-19)30(7,8)9)26(34-17(2)31)20-13-11-12-14-21(20)27(28)35-18(3)32/h11-16,33H,10H2,1-9H3. The molecule has 0 atom stereocenters. The van der Waals surface area contributed by atoms with Gasteiger partial charge in [-0.2, -0.15) is 0 Å². The van der Waals surface area contributed by atoms with Crippen molar-refractivity contribution >= 4 is 34.5 Å². The average Bonchev–Trinajstić information content (AvgIpc) is 2.74. The van der Waals surface area contributed by atoms with Gasteiger partial charge < -0.3 is 14.6 Å². The van der Waals surface area contributed by atoms with Crippen molar-refractivity contribution in [3.8, 4) is 28.4 Å². The number of phenols is 1. The molecule has 192 valence electrons. The second kappa shape index (κ2) is 10.2. The summed E-state index contributed by atoms with van der Waals surface area (Å²) in [5, 5.41) is 12.7. The first-order valence-corrected chi connectivity index (χ1v) is 13.1. The lowest BCUT2D eigenvalue weighted by Crippen LogP contribution is -2.17. The van der Waals surface area contributed by atoms with E-state index in [4.69, 9.17) is 9.47 Å². The van der Waals surface area contributed by atoms with Crippen LogP contribution in [0.1, 0.15) is 73.4 Å². The summed E-state index contributed by atoms with van der Waals surface area (Å²) < 4.78 is 11.7. The highest BCUT2D eigenvalue weighted by Crippen LogP contribution is 2.52. The number of carbonyl (C=O) groups is 2. The molecule has 0 bridgehead atoms. The summed E-state index contributed by atoms with van der Waals surface area (Å²) in [6.07, 6.45) is 0. The number of benzene rings is 3. The van der Waals surface area contributed by atoms with Gasteiger partial charge in [-0.15, -0.1) is 11.8 Å². The van der Waals surface area contributed by atoms with E-state index in [-0.39, 0.29) is 16.6 Å². The molecule has 0 heterocycles. The smallest absolute Gasteiger partial charge is 0.308 e. The summed E-state index contributed by atoms with van der Waals surface area (Å²) in [5.74, 6) is 0.947. The Bertz CT molecular complexity index is 1290. The third kappa shape index (κ3) is 5.54. The minimum Gasteiger partial charge on any atom is -0.507 e. The normalized spacial score (nSPS) is 12.0. The Balaban J connectivity index is 2.62. The number of phenolic OH excluding ortho intramolecular Hbond substituents is 1. The molecule has 1 N–H and O–H groups in total. The van der Waals surface area contributed by atoms with Gasteiger partial charge in [0.25, 0.3) is 0 Å². The molecule has 3 rings (SSSR count).